The van der Waals surface area contributed by atoms with Gasteiger partial charge in [-0.1, -0.05) is 19.8 Å². The van der Waals surface area contributed by atoms with E-state index in [-0.39, 0.29) is 17.9 Å². The van der Waals surface area contributed by atoms with Crippen LogP contribution in [0.15, 0.2) is 0 Å². The van der Waals surface area contributed by atoms with Crippen molar-refractivity contribution < 1.29 is 13.2 Å². The van der Waals surface area contributed by atoms with Crippen molar-refractivity contribution in [2.24, 2.45) is 5.92 Å². The highest BCUT2D eigenvalue weighted by molar-refractivity contribution is 7.90. The minimum absolute atomic E-state index is 0.0500. The van der Waals surface area contributed by atoms with E-state index in [1.54, 1.807) is 0 Å². The Morgan fingerprint density at radius 1 is 1.00 bits per heavy atom. The molecular formula is C19H35N3O3S. The first-order valence-electron chi connectivity index (χ1n) is 10.5. The number of nitrogens with one attached hydrogen (secondary N) is 1. The Morgan fingerprint density at radius 3 is 2.35 bits per heavy atom. The third kappa shape index (κ3) is 4.98. The number of piperidine rings is 2. The largest absolute Gasteiger partial charge is 0.341 e. The van der Waals surface area contributed by atoms with Crippen LogP contribution < -0.4 is 4.72 Å². The number of carbonyl (C=O) groups is 1. The van der Waals surface area contributed by atoms with Crippen LogP contribution in [0.1, 0.15) is 64.7 Å². The summed E-state index contributed by atoms with van der Waals surface area (Å²) in [5, 5.41) is -0.449. The topological polar surface area (TPSA) is 69.7 Å². The molecule has 7 heteroatoms. The first kappa shape index (κ1) is 20.1. The van der Waals surface area contributed by atoms with E-state index >= 15 is 0 Å². The normalized spacial score (nSPS) is 27.1. The third-order valence-corrected chi connectivity index (χ3v) is 8.22. The minimum Gasteiger partial charge on any atom is -0.341 e. The van der Waals surface area contributed by atoms with Crippen LogP contribution in [0.2, 0.25) is 0 Å². The number of rotatable bonds is 6. The van der Waals surface area contributed by atoms with Gasteiger partial charge in [-0.05, 0) is 64.6 Å². The average molecular weight is 386 g/mol. The molecule has 0 aromatic rings. The lowest BCUT2D eigenvalue weighted by Gasteiger charge is -2.36. The van der Waals surface area contributed by atoms with Crippen LogP contribution in [0.4, 0.5) is 0 Å². The summed E-state index contributed by atoms with van der Waals surface area (Å²) < 4.78 is 28.7. The zero-order chi connectivity index (χ0) is 18.6. The van der Waals surface area contributed by atoms with Crippen molar-refractivity contribution >= 4 is 15.9 Å². The minimum atomic E-state index is -3.37. The van der Waals surface area contributed by atoms with Gasteiger partial charge in [0, 0.05) is 25.0 Å². The van der Waals surface area contributed by atoms with Crippen molar-refractivity contribution in [3.8, 4) is 0 Å². The molecule has 3 fully saturated rings. The van der Waals surface area contributed by atoms with Gasteiger partial charge in [0.15, 0.2) is 0 Å². The number of sulfonamides is 1. The molecule has 2 aliphatic heterocycles. The molecule has 3 aliphatic rings. The van der Waals surface area contributed by atoms with Gasteiger partial charge in [-0.3, -0.25) is 4.79 Å². The van der Waals surface area contributed by atoms with E-state index in [0.29, 0.717) is 13.0 Å². The molecule has 2 heterocycles. The van der Waals surface area contributed by atoms with Crippen molar-refractivity contribution in [2.45, 2.75) is 76.0 Å². The fraction of sp³-hybridized carbons (Fsp3) is 0.947. The van der Waals surface area contributed by atoms with Gasteiger partial charge in [0.25, 0.3) is 0 Å². The van der Waals surface area contributed by atoms with E-state index in [1.807, 2.05) is 4.90 Å². The van der Waals surface area contributed by atoms with Gasteiger partial charge in [-0.25, -0.2) is 13.1 Å². The van der Waals surface area contributed by atoms with Gasteiger partial charge >= 0.3 is 0 Å². The van der Waals surface area contributed by atoms with Crippen molar-refractivity contribution in [3.63, 3.8) is 0 Å². The monoisotopic (exact) mass is 385 g/mol. The second kappa shape index (κ2) is 9.02. The highest BCUT2D eigenvalue weighted by Gasteiger charge is 2.36. The van der Waals surface area contributed by atoms with Crippen LogP contribution in [0.5, 0.6) is 0 Å². The molecule has 26 heavy (non-hydrogen) atoms. The maximum absolute atomic E-state index is 12.9. The fourth-order valence-corrected chi connectivity index (χ4v) is 6.49. The van der Waals surface area contributed by atoms with Gasteiger partial charge in [0.2, 0.25) is 15.9 Å². The predicted molar refractivity (Wildman–Crippen MR) is 103 cm³/mol. The van der Waals surface area contributed by atoms with Crippen LogP contribution in [-0.4, -0.2) is 68.1 Å². The van der Waals surface area contributed by atoms with Crippen LogP contribution >= 0.6 is 0 Å². The van der Waals surface area contributed by atoms with Gasteiger partial charge in [-0.2, -0.15) is 0 Å². The number of nitrogens with zero attached hydrogens (tertiary/aromatic N) is 2. The number of carbonyl (C=O) groups excluding carboxylic acids is 1. The second-order valence-corrected chi connectivity index (χ2v) is 10.3. The third-order valence-electron chi connectivity index (χ3n) is 6.29. The molecule has 1 N–H and O–H groups in total. The van der Waals surface area contributed by atoms with Crippen LogP contribution in [0.25, 0.3) is 0 Å². The van der Waals surface area contributed by atoms with E-state index < -0.39 is 15.3 Å². The molecule has 3 rings (SSSR count). The summed E-state index contributed by atoms with van der Waals surface area (Å²) in [5.41, 5.74) is 0. The van der Waals surface area contributed by atoms with Crippen molar-refractivity contribution in [1.29, 1.82) is 0 Å². The van der Waals surface area contributed by atoms with E-state index in [0.717, 1.165) is 77.5 Å². The summed E-state index contributed by atoms with van der Waals surface area (Å²) in [6.07, 6.45) is 8.57. The van der Waals surface area contributed by atoms with Crippen molar-refractivity contribution in [1.82, 2.24) is 14.5 Å². The number of amides is 1. The molecule has 0 unspecified atom stereocenters. The molecule has 1 saturated carbocycles. The molecular weight excluding hydrogens is 350 g/mol. The summed E-state index contributed by atoms with van der Waals surface area (Å²) in [6.45, 7) is 6.31. The summed E-state index contributed by atoms with van der Waals surface area (Å²) in [6, 6.07) is 0.0500. The van der Waals surface area contributed by atoms with Gasteiger partial charge < -0.3 is 9.80 Å². The maximum atomic E-state index is 12.9. The van der Waals surface area contributed by atoms with Gasteiger partial charge in [0.1, 0.15) is 0 Å². The lowest BCUT2D eigenvalue weighted by atomic mass is 10.0. The van der Waals surface area contributed by atoms with Crippen LogP contribution in [0.3, 0.4) is 0 Å². The molecule has 150 valence electrons. The maximum Gasteiger partial charge on any atom is 0.225 e. The average Bonchev–Trinajstić information content (AvgIpc) is 3.17. The van der Waals surface area contributed by atoms with Gasteiger partial charge in [-0.15, -0.1) is 0 Å². The molecule has 0 spiro atoms. The van der Waals surface area contributed by atoms with Gasteiger partial charge in [0.05, 0.1) is 5.25 Å². The van der Waals surface area contributed by atoms with Crippen molar-refractivity contribution in [2.75, 3.05) is 32.7 Å². The van der Waals surface area contributed by atoms with E-state index in [1.165, 1.54) is 0 Å². The highest BCUT2D eigenvalue weighted by Crippen LogP contribution is 2.28. The zero-order valence-electron chi connectivity index (χ0n) is 16.2. The first-order chi connectivity index (χ1) is 12.5. The van der Waals surface area contributed by atoms with E-state index in [4.69, 9.17) is 0 Å². The smallest absolute Gasteiger partial charge is 0.225 e. The number of hydrogen-bond acceptors (Lipinski definition) is 4. The van der Waals surface area contributed by atoms with E-state index in [2.05, 4.69) is 16.5 Å². The predicted octanol–water partition coefficient (Wildman–Crippen LogP) is 1.96. The Kier molecular flexibility index (Phi) is 6.97. The fourth-order valence-electron chi connectivity index (χ4n) is 4.74. The Hall–Kier alpha value is -0.660. The van der Waals surface area contributed by atoms with E-state index in [9.17, 15) is 13.2 Å². The summed E-state index contributed by atoms with van der Waals surface area (Å²) >= 11 is 0. The molecule has 0 bridgehead atoms. The Bertz CT molecular complexity index is 567. The molecule has 0 radical (unpaired) electrons. The summed E-state index contributed by atoms with van der Waals surface area (Å²) in [5.74, 6) is 0.322. The molecule has 1 atom stereocenters. The summed E-state index contributed by atoms with van der Waals surface area (Å²) in [4.78, 5) is 16.9. The Morgan fingerprint density at radius 2 is 1.69 bits per heavy atom. The SMILES string of the molecule is CCCN1CCC(NS(=O)(=O)[C@@H]2CCCN(C(=O)C3CCCC3)C2)CC1. The lowest BCUT2D eigenvalue weighted by molar-refractivity contribution is -0.136. The zero-order valence-corrected chi connectivity index (χ0v) is 17.0. The van der Waals surface area contributed by atoms with Crippen LogP contribution in [0, 0.1) is 5.92 Å². The molecule has 1 amide bonds. The number of hydrogen-bond donors (Lipinski definition) is 1. The standard InChI is InChI=1S/C19H35N3O3S/c1-2-11-21-13-9-17(10-14-21)20-26(24,25)18-8-5-12-22(15-18)19(23)16-6-3-4-7-16/h16-18,20H,2-15H2,1H3/t18-/m1/s1. The second-order valence-electron chi connectivity index (χ2n) is 8.31. The molecule has 0 aromatic heterocycles. The molecule has 1 aliphatic carbocycles. The first-order valence-corrected chi connectivity index (χ1v) is 12.1. The molecule has 0 aromatic carbocycles. The Labute approximate surface area is 158 Å². The quantitative estimate of drug-likeness (QED) is 0.759. The van der Waals surface area contributed by atoms with Crippen molar-refractivity contribution in [3.05, 3.63) is 0 Å². The highest BCUT2D eigenvalue weighted by atomic mass is 32.2. The lowest BCUT2D eigenvalue weighted by Crippen LogP contribution is -2.52. The molecule has 6 nitrogen and oxygen atoms in total. The number of likely N-dealkylation sites (tertiary alicyclic amines) is 2. The summed E-state index contributed by atoms with van der Waals surface area (Å²) in [7, 11) is -3.37. The molecule has 2 saturated heterocycles. The Balaban J connectivity index is 1.52. The van der Waals surface area contributed by atoms with Crippen LogP contribution in [-0.2, 0) is 14.8 Å².